The zero-order valence-corrected chi connectivity index (χ0v) is 13.8. The molecule has 0 aliphatic rings. The Morgan fingerprint density at radius 3 is 2.42 bits per heavy atom. The Hall–Kier alpha value is -0.480. The number of benzene rings is 1. The minimum Gasteiger partial charge on any atom is -0.413 e. The topological polar surface area (TPSA) is 61.5 Å². The van der Waals surface area contributed by atoms with Crippen molar-refractivity contribution >= 4 is 19.5 Å². The van der Waals surface area contributed by atoms with Crippen LogP contribution < -0.4 is 10.0 Å². The Bertz CT molecular complexity index is 479. The van der Waals surface area contributed by atoms with Gasteiger partial charge in [-0.1, -0.05) is 13.8 Å². The predicted octanol–water partition coefficient (Wildman–Crippen LogP) is 4.22. The summed E-state index contributed by atoms with van der Waals surface area (Å²) in [6.45, 7) is 7.75. The summed E-state index contributed by atoms with van der Waals surface area (Å²) < 4.78 is 22.7. The van der Waals surface area contributed by atoms with Crippen LogP contribution in [0, 0.1) is 12.8 Å². The Balaban J connectivity index is 2.78. The second-order valence-electron chi connectivity index (χ2n) is 4.82. The minimum absolute atomic E-state index is 0.220. The van der Waals surface area contributed by atoms with Crippen molar-refractivity contribution in [1.82, 2.24) is 0 Å². The molecule has 0 fully saturated rings. The fraction of sp³-hybridized carbons (Fsp3) is 0.538. The largest absolute Gasteiger partial charge is 0.456 e. The van der Waals surface area contributed by atoms with Gasteiger partial charge in [-0.15, -0.1) is 11.8 Å². The molecule has 0 aromatic heterocycles. The molecule has 0 spiro atoms. The maximum Gasteiger partial charge on any atom is 0.456 e. The summed E-state index contributed by atoms with van der Waals surface area (Å²) in [7, 11) is -3.57. The summed E-state index contributed by atoms with van der Waals surface area (Å²) in [6, 6.07) is 5.48. The van der Waals surface area contributed by atoms with Gasteiger partial charge in [-0.25, -0.2) is 10.1 Å². The molecule has 6 heteroatoms. The first-order chi connectivity index (χ1) is 8.75. The van der Waals surface area contributed by atoms with Crippen molar-refractivity contribution in [1.29, 1.82) is 0 Å². The molecule has 2 atom stereocenters. The van der Waals surface area contributed by atoms with E-state index in [1.807, 2.05) is 46.1 Å². The van der Waals surface area contributed by atoms with E-state index < -0.39 is 7.75 Å². The lowest BCUT2D eigenvalue weighted by molar-refractivity contribution is 0.151. The number of aryl methyl sites for hydroxylation is 1. The van der Waals surface area contributed by atoms with Crippen molar-refractivity contribution in [2.45, 2.75) is 38.7 Å². The average Bonchev–Trinajstić information content (AvgIpc) is 2.27. The third-order valence-corrected chi connectivity index (χ3v) is 4.84. The molecule has 0 amide bonds. The summed E-state index contributed by atoms with van der Waals surface area (Å²) in [4.78, 5) is 1.15. The summed E-state index contributed by atoms with van der Waals surface area (Å²) >= 11 is 1.65. The summed E-state index contributed by atoms with van der Waals surface area (Å²) in [5, 5.41) is 0. The Morgan fingerprint density at radius 1 is 1.32 bits per heavy atom. The van der Waals surface area contributed by atoms with Gasteiger partial charge in [0.05, 0.1) is 6.10 Å². The molecule has 0 radical (unpaired) electrons. The van der Waals surface area contributed by atoms with Crippen molar-refractivity contribution in [2.24, 2.45) is 11.4 Å². The summed E-state index contributed by atoms with van der Waals surface area (Å²) in [5.41, 5.74) is 6.67. The van der Waals surface area contributed by atoms with Gasteiger partial charge in [-0.3, -0.25) is 4.52 Å². The average molecular weight is 303 g/mol. The zero-order chi connectivity index (χ0) is 14.6. The Labute approximate surface area is 119 Å². The normalized spacial score (nSPS) is 16.2. The first-order valence-corrected chi connectivity index (χ1v) is 9.00. The van der Waals surface area contributed by atoms with Crippen LogP contribution in [0.1, 0.15) is 26.3 Å². The molecule has 4 nitrogen and oxygen atoms in total. The van der Waals surface area contributed by atoms with Crippen molar-refractivity contribution in [3.63, 3.8) is 0 Å². The van der Waals surface area contributed by atoms with Gasteiger partial charge in [0.2, 0.25) is 0 Å². The molecular weight excluding hydrogens is 281 g/mol. The first kappa shape index (κ1) is 16.6. The zero-order valence-electron chi connectivity index (χ0n) is 12.0. The smallest absolute Gasteiger partial charge is 0.413 e. The fourth-order valence-corrected chi connectivity index (χ4v) is 3.17. The molecule has 108 valence electrons. The number of hydrogen-bond donors (Lipinski definition) is 1. The van der Waals surface area contributed by atoms with Crippen LogP contribution in [-0.2, 0) is 9.09 Å². The molecule has 0 aliphatic heterocycles. The molecule has 0 bridgehead atoms. The molecule has 2 N–H and O–H groups in total. The lowest BCUT2D eigenvalue weighted by Gasteiger charge is -2.21. The Kier molecular flexibility index (Phi) is 5.93. The monoisotopic (exact) mass is 303 g/mol. The van der Waals surface area contributed by atoms with E-state index in [1.165, 1.54) is 0 Å². The number of hydrogen-bond acceptors (Lipinski definition) is 4. The molecule has 19 heavy (non-hydrogen) atoms. The highest BCUT2D eigenvalue weighted by molar-refractivity contribution is 7.98. The molecule has 2 unspecified atom stereocenters. The maximum atomic E-state index is 12.1. The molecule has 1 aromatic carbocycles. The van der Waals surface area contributed by atoms with Gasteiger partial charge in [0.25, 0.3) is 0 Å². The minimum atomic E-state index is -3.57. The number of thioether (sulfide) groups is 1. The Morgan fingerprint density at radius 2 is 1.95 bits per heavy atom. The van der Waals surface area contributed by atoms with Crippen LogP contribution in [0.25, 0.3) is 0 Å². The lowest BCUT2D eigenvalue weighted by Crippen LogP contribution is -2.18. The van der Waals surface area contributed by atoms with Gasteiger partial charge in [0.15, 0.2) is 0 Å². The van der Waals surface area contributed by atoms with E-state index in [4.69, 9.17) is 14.6 Å². The van der Waals surface area contributed by atoms with E-state index in [0.717, 1.165) is 10.5 Å². The highest BCUT2D eigenvalue weighted by Crippen LogP contribution is 2.43. The molecule has 0 saturated heterocycles. The van der Waals surface area contributed by atoms with E-state index in [-0.39, 0.29) is 12.0 Å². The molecule has 0 saturated carbocycles. The van der Waals surface area contributed by atoms with Crippen LogP contribution >= 0.6 is 19.5 Å². The highest BCUT2D eigenvalue weighted by atomic mass is 32.2. The molecule has 1 rings (SSSR count). The maximum absolute atomic E-state index is 12.1. The van der Waals surface area contributed by atoms with Gasteiger partial charge in [0.1, 0.15) is 5.75 Å². The molecular formula is C13H22NO3PS. The highest BCUT2D eigenvalue weighted by Gasteiger charge is 2.25. The molecule has 0 aliphatic carbocycles. The van der Waals surface area contributed by atoms with Crippen LogP contribution in [0.15, 0.2) is 23.1 Å². The van der Waals surface area contributed by atoms with E-state index in [1.54, 1.807) is 17.8 Å². The standard InChI is InChI=1S/C13H22NO3PS/c1-9(2)11(4)16-18(14,15)17-12-6-7-13(19-5)10(3)8-12/h6-9,11H,1-5H3,(H2,14,15). The van der Waals surface area contributed by atoms with E-state index in [0.29, 0.717) is 5.75 Å². The number of nitrogens with two attached hydrogens (primary N) is 1. The van der Waals surface area contributed by atoms with Crippen LogP contribution in [0.4, 0.5) is 0 Å². The predicted molar refractivity (Wildman–Crippen MR) is 80.8 cm³/mol. The lowest BCUT2D eigenvalue weighted by atomic mass is 10.1. The van der Waals surface area contributed by atoms with Crippen LogP contribution in [0.5, 0.6) is 5.75 Å². The van der Waals surface area contributed by atoms with Gasteiger partial charge >= 0.3 is 7.75 Å². The van der Waals surface area contributed by atoms with Crippen molar-refractivity contribution in [3.8, 4) is 5.75 Å². The van der Waals surface area contributed by atoms with E-state index in [9.17, 15) is 4.57 Å². The van der Waals surface area contributed by atoms with Crippen molar-refractivity contribution in [2.75, 3.05) is 6.26 Å². The van der Waals surface area contributed by atoms with Gasteiger partial charge in [-0.05, 0) is 49.8 Å². The fourth-order valence-electron chi connectivity index (χ4n) is 1.43. The van der Waals surface area contributed by atoms with E-state index >= 15 is 0 Å². The molecule has 1 aromatic rings. The summed E-state index contributed by atoms with van der Waals surface area (Å²) in [5.74, 6) is 0.693. The summed E-state index contributed by atoms with van der Waals surface area (Å²) in [6.07, 6.45) is 1.78. The SMILES string of the molecule is CSc1ccc(OP(N)(=O)OC(C)C(C)C)cc1C. The van der Waals surface area contributed by atoms with Gasteiger partial charge in [-0.2, -0.15) is 0 Å². The van der Waals surface area contributed by atoms with Crippen LogP contribution in [0.2, 0.25) is 0 Å². The quantitative estimate of drug-likeness (QED) is 0.629. The van der Waals surface area contributed by atoms with E-state index in [2.05, 4.69) is 0 Å². The molecule has 0 heterocycles. The van der Waals surface area contributed by atoms with Gasteiger partial charge < -0.3 is 4.52 Å². The third-order valence-electron chi connectivity index (χ3n) is 2.85. The van der Waals surface area contributed by atoms with Crippen LogP contribution in [0.3, 0.4) is 0 Å². The van der Waals surface area contributed by atoms with Crippen LogP contribution in [-0.4, -0.2) is 12.4 Å². The van der Waals surface area contributed by atoms with Gasteiger partial charge in [0, 0.05) is 4.90 Å². The van der Waals surface area contributed by atoms with Crippen molar-refractivity contribution in [3.05, 3.63) is 23.8 Å². The first-order valence-electron chi connectivity index (χ1n) is 6.16. The third kappa shape index (κ3) is 5.19. The second-order valence-corrected chi connectivity index (χ2v) is 7.14. The number of rotatable bonds is 6. The van der Waals surface area contributed by atoms with Crippen molar-refractivity contribution < 1.29 is 13.6 Å². The second kappa shape index (κ2) is 6.80.